The van der Waals surface area contributed by atoms with E-state index in [0.29, 0.717) is 17.1 Å². The van der Waals surface area contributed by atoms with E-state index in [1.54, 1.807) is 24.1 Å². The Morgan fingerprint density at radius 1 is 1.32 bits per heavy atom. The molecule has 1 aromatic carbocycles. The third-order valence-electron chi connectivity index (χ3n) is 5.95. The molecule has 164 valence electrons. The highest BCUT2D eigenvalue weighted by atomic mass is 32.2. The van der Waals surface area contributed by atoms with Crippen molar-refractivity contribution in [2.45, 2.75) is 57.3 Å². The third-order valence-corrected chi connectivity index (χ3v) is 7.99. The molecule has 1 aliphatic rings. The first kappa shape index (κ1) is 22.0. The van der Waals surface area contributed by atoms with E-state index in [0.717, 1.165) is 46.5 Å². The van der Waals surface area contributed by atoms with Crippen molar-refractivity contribution in [3.63, 3.8) is 0 Å². The second kappa shape index (κ2) is 9.12. The number of fused-ring (bicyclic) bond motifs is 1. The molecule has 31 heavy (non-hydrogen) atoms. The van der Waals surface area contributed by atoms with Crippen LogP contribution in [0.3, 0.4) is 0 Å². The average molecular weight is 460 g/mol. The van der Waals surface area contributed by atoms with Crippen LogP contribution in [0.15, 0.2) is 34.2 Å². The molecular weight excluding hydrogens is 433 g/mol. The van der Waals surface area contributed by atoms with Crippen LogP contribution in [0.4, 0.5) is 4.39 Å². The van der Waals surface area contributed by atoms with Gasteiger partial charge in [0.15, 0.2) is 5.16 Å². The van der Waals surface area contributed by atoms with Gasteiger partial charge in [0.1, 0.15) is 10.6 Å². The molecule has 2 aromatic heterocycles. The van der Waals surface area contributed by atoms with E-state index in [-0.39, 0.29) is 29.1 Å². The summed E-state index contributed by atoms with van der Waals surface area (Å²) in [7, 11) is 1.71. The SMILES string of the molecule is Cc1sc2nc(SCC(=O)N(C)Cc3cccc(F)c3)n(C3CCCC3)c(=O)c2c1C. The number of carbonyl (C=O) groups is 1. The third kappa shape index (κ3) is 4.55. The summed E-state index contributed by atoms with van der Waals surface area (Å²) in [5.41, 5.74) is 1.77. The molecule has 0 atom stereocenters. The molecule has 3 aromatic rings. The van der Waals surface area contributed by atoms with Gasteiger partial charge in [0, 0.05) is 24.5 Å². The number of hydrogen-bond acceptors (Lipinski definition) is 5. The van der Waals surface area contributed by atoms with Crippen molar-refractivity contribution in [1.82, 2.24) is 14.5 Å². The van der Waals surface area contributed by atoms with Gasteiger partial charge in [-0.1, -0.05) is 36.7 Å². The zero-order valence-corrected chi connectivity index (χ0v) is 19.6. The first-order chi connectivity index (χ1) is 14.8. The number of carbonyl (C=O) groups excluding carboxylic acids is 1. The number of thiophene rings is 1. The largest absolute Gasteiger partial charge is 0.341 e. The highest BCUT2D eigenvalue weighted by Gasteiger charge is 2.25. The molecule has 0 saturated heterocycles. The molecule has 1 amide bonds. The van der Waals surface area contributed by atoms with E-state index < -0.39 is 0 Å². The van der Waals surface area contributed by atoms with E-state index >= 15 is 0 Å². The second-order valence-electron chi connectivity index (χ2n) is 8.14. The minimum absolute atomic E-state index is 0.0156. The summed E-state index contributed by atoms with van der Waals surface area (Å²) in [6.45, 7) is 4.33. The van der Waals surface area contributed by atoms with Crippen LogP contribution in [0.1, 0.15) is 47.7 Å². The molecule has 0 radical (unpaired) electrons. The van der Waals surface area contributed by atoms with Gasteiger partial charge < -0.3 is 4.90 Å². The maximum atomic E-state index is 13.4. The fourth-order valence-electron chi connectivity index (χ4n) is 4.11. The highest BCUT2D eigenvalue weighted by Crippen LogP contribution is 2.34. The number of aromatic nitrogens is 2. The van der Waals surface area contributed by atoms with Crippen LogP contribution in [0, 0.1) is 19.7 Å². The molecule has 0 aliphatic heterocycles. The average Bonchev–Trinajstić information content (AvgIpc) is 3.34. The number of rotatable bonds is 6. The van der Waals surface area contributed by atoms with Gasteiger partial charge in [-0.2, -0.15) is 0 Å². The maximum absolute atomic E-state index is 13.4. The Morgan fingerprint density at radius 3 is 2.77 bits per heavy atom. The van der Waals surface area contributed by atoms with Crippen molar-refractivity contribution >= 4 is 39.2 Å². The zero-order chi connectivity index (χ0) is 22.1. The molecule has 5 nitrogen and oxygen atoms in total. The Morgan fingerprint density at radius 2 is 2.06 bits per heavy atom. The van der Waals surface area contributed by atoms with E-state index in [1.165, 1.54) is 35.2 Å². The molecule has 1 saturated carbocycles. The Hall–Kier alpha value is -2.19. The van der Waals surface area contributed by atoms with Crippen LogP contribution in [0.25, 0.3) is 10.2 Å². The van der Waals surface area contributed by atoms with Gasteiger partial charge in [-0.05, 0) is 49.9 Å². The van der Waals surface area contributed by atoms with Gasteiger partial charge in [0.25, 0.3) is 5.56 Å². The van der Waals surface area contributed by atoms with Gasteiger partial charge in [0.05, 0.1) is 11.1 Å². The number of nitrogens with zero attached hydrogens (tertiary/aromatic N) is 3. The maximum Gasteiger partial charge on any atom is 0.263 e. The van der Waals surface area contributed by atoms with Gasteiger partial charge in [0.2, 0.25) is 5.91 Å². The van der Waals surface area contributed by atoms with E-state index in [2.05, 4.69) is 0 Å². The highest BCUT2D eigenvalue weighted by molar-refractivity contribution is 7.99. The van der Waals surface area contributed by atoms with Crippen molar-refractivity contribution in [3.05, 3.63) is 56.4 Å². The summed E-state index contributed by atoms with van der Waals surface area (Å²) < 4.78 is 15.3. The predicted molar refractivity (Wildman–Crippen MR) is 124 cm³/mol. The predicted octanol–water partition coefficient (Wildman–Crippen LogP) is 5.08. The van der Waals surface area contributed by atoms with Gasteiger partial charge in [-0.15, -0.1) is 11.3 Å². The summed E-state index contributed by atoms with van der Waals surface area (Å²) in [4.78, 5) is 34.4. The van der Waals surface area contributed by atoms with Crippen molar-refractivity contribution in [2.75, 3.05) is 12.8 Å². The number of benzene rings is 1. The van der Waals surface area contributed by atoms with E-state index in [9.17, 15) is 14.0 Å². The zero-order valence-electron chi connectivity index (χ0n) is 18.0. The molecule has 8 heteroatoms. The molecule has 1 aliphatic carbocycles. The molecule has 0 N–H and O–H groups in total. The lowest BCUT2D eigenvalue weighted by molar-refractivity contribution is -0.127. The van der Waals surface area contributed by atoms with Crippen LogP contribution in [-0.2, 0) is 11.3 Å². The fraction of sp³-hybridized carbons (Fsp3) is 0.435. The minimum Gasteiger partial charge on any atom is -0.341 e. The Balaban J connectivity index is 1.57. The standard InChI is InChI=1S/C23H26FN3O2S2/c1-14-15(2)31-21-20(14)22(29)27(18-9-4-5-10-18)23(25-21)30-13-19(28)26(3)12-16-7-6-8-17(24)11-16/h6-8,11,18H,4-5,9-10,12-13H2,1-3H3. The molecule has 1 fully saturated rings. The lowest BCUT2D eigenvalue weighted by Gasteiger charge is -2.20. The summed E-state index contributed by atoms with van der Waals surface area (Å²) in [5, 5.41) is 1.34. The summed E-state index contributed by atoms with van der Waals surface area (Å²) in [6, 6.07) is 6.41. The van der Waals surface area contributed by atoms with Crippen LogP contribution >= 0.6 is 23.1 Å². The molecule has 4 rings (SSSR count). The van der Waals surface area contributed by atoms with Crippen LogP contribution < -0.4 is 5.56 Å². The van der Waals surface area contributed by atoms with E-state index in [4.69, 9.17) is 4.98 Å². The minimum atomic E-state index is -0.313. The van der Waals surface area contributed by atoms with Crippen molar-refractivity contribution < 1.29 is 9.18 Å². The van der Waals surface area contributed by atoms with E-state index in [1.807, 2.05) is 18.4 Å². The molecular formula is C23H26FN3O2S2. The number of hydrogen-bond donors (Lipinski definition) is 0. The van der Waals surface area contributed by atoms with Gasteiger partial charge in [-0.3, -0.25) is 14.2 Å². The van der Waals surface area contributed by atoms with Crippen molar-refractivity contribution in [3.8, 4) is 0 Å². The lowest BCUT2D eigenvalue weighted by Crippen LogP contribution is -2.29. The smallest absolute Gasteiger partial charge is 0.263 e. The first-order valence-electron chi connectivity index (χ1n) is 10.5. The second-order valence-corrected chi connectivity index (χ2v) is 10.3. The van der Waals surface area contributed by atoms with Crippen LogP contribution in [-0.4, -0.2) is 33.2 Å². The number of halogens is 1. The number of thioether (sulfide) groups is 1. The van der Waals surface area contributed by atoms with Crippen molar-refractivity contribution in [1.29, 1.82) is 0 Å². The molecule has 2 heterocycles. The Labute approximate surface area is 189 Å². The molecule has 0 bridgehead atoms. The molecule has 0 spiro atoms. The topological polar surface area (TPSA) is 55.2 Å². The van der Waals surface area contributed by atoms with Crippen molar-refractivity contribution in [2.24, 2.45) is 0 Å². The molecule has 0 unspecified atom stereocenters. The fourth-order valence-corrected chi connectivity index (χ4v) is 6.19. The van der Waals surface area contributed by atoms with Crippen LogP contribution in [0.2, 0.25) is 0 Å². The summed E-state index contributed by atoms with van der Waals surface area (Å²) >= 11 is 2.85. The van der Waals surface area contributed by atoms with Gasteiger partial charge in [-0.25, -0.2) is 9.37 Å². The normalized spacial score (nSPS) is 14.5. The first-order valence-corrected chi connectivity index (χ1v) is 12.3. The number of amides is 1. The monoisotopic (exact) mass is 459 g/mol. The van der Waals surface area contributed by atoms with Gasteiger partial charge >= 0.3 is 0 Å². The number of aryl methyl sites for hydroxylation is 2. The summed E-state index contributed by atoms with van der Waals surface area (Å²) in [5.74, 6) is -0.215. The Kier molecular flexibility index (Phi) is 6.48. The Bertz CT molecular complexity index is 1180. The summed E-state index contributed by atoms with van der Waals surface area (Å²) in [6.07, 6.45) is 4.15. The lowest BCUT2D eigenvalue weighted by atomic mass is 10.2. The quantitative estimate of drug-likeness (QED) is 0.381. The van der Waals surface area contributed by atoms with Crippen LogP contribution in [0.5, 0.6) is 0 Å².